The summed E-state index contributed by atoms with van der Waals surface area (Å²) in [5, 5.41) is 5.25. The second-order valence-electron chi connectivity index (χ2n) is 6.38. The molecule has 0 atom stereocenters. The van der Waals surface area contributed by atoms with Crippen LogP contribution in [0.4, 0.5) is 0 Å². The Morgan fingerprint density at radius 2 is 1.69 bits per heavy atom. The van der Waals surface area contributed by atoms with E-state index in [0.717, 1.165) is 11.1 Å². The minimum Gasteiger partial charge on any atom is -0.488 e. The lowest BCUT2D eigenvalue weighted by molar-refractivity contribution is -0.121. The minimum absolute atomic E-state index is 0.159. The second-order valence-corrected chi connectivity index (χ2v) is 7.25. The first-order chi connectivity index (χ1) is 14.1. The fourth-order valence-corrected chi connectivity index (χ4v) is 3.07. The van der Waals surface area contributed by atoms with Crippen molar-refractivity contribution < 1.29 is 9.53 Å². The predicted molar refractivity (Wildman–Crippen MR) is 118 cm³/mol. The molecule has 0 unspecified atom stereocenters. The normalized spacial score (nSPS) is 10.8. The number of hydrogen-bond donors (Lipinski definition) is 1. The highest BCUT2D eigenvalue weighted by Gasteiger charge is 2.05. The van der Waals surface area contributed by atoms with Crippen molar-refractivity contribution in [2.45, 2.75) is 19.4 Å². The lowest BCUT2D eigenvalue weighted by atomic mass is 10.1. The van der Waals surface area contributed by atoms with Crippen LogP contribution < -0.4 is 10.2 Å². The number of nitrogens with zero attached hydrogens (tertiary/aromatic N) is 1. The summed E-state index contributed by atoms with van der Waals surface area (Å²) in [6, 6.07) is 22.5. The van der Waals surface area contributed by atoms with E-state index in [-0.39, 0.29) is 5.91 Å². The molecule has 1 amide bonds. The van der Waals surface area contributed by atoms with E-state index in [2.05, 4.69) is 10.5 Å². The van der Waals surface area contributed by atoms with Gasteiger partial charge in [0.15, 0.2) is 0 Å². The molecule has 148 valence electrons. The maximum absolute atomic E-state index is 12.0. The second kappa shape index (κ2) is 10.6. The molecule has 0 aliphatic carbocycles. The van der Waals surface area contributed by atoms with E-state index in [1.165, 1.54) is 6.21 Å². The molecule has 0 bridgehead atoms. The number of halogens is 2. The van der Waals surface area contributed by atoms with Crippen LogP contribution >= 0.6 is 23.2 Å². The van der Waals surface area contributed by atoms with E-state index >= 15 is 0 Å². The van der Waals surface area contributed by atoms with Crippen LogP contribution in [0, 0.1) is 0 Å². The highest BCUT2D eigenvalue weighted by Crippen LogP contribution is 2.23. The monoisotopic (exact) mass is 426 g/mol. The lowest BCUT2D eigenvalue weighted by Crippen LogP contribution is -2.18. The number of nitrogens with one attached hydrogen (secondary N) is 1. The summed E-state index contributed by atoms with van der Waals surface area (Å²) in [5.74, 6) is 0.449. The van der Waals surface area contributed by atoms with E-state index in [1.54, 1.807) is 18.2 Å². The number of hydrazone groups is 1. The Bertz CT molecular complexity index is 991. The molecule has 0 saturated heterocycles. The van der Waals surface area contributed by atoms with Crippen molar-refractivity contribution in [1.82, 2.24) is 5.43 Å². The molecule has 0 fully saturated rings. The average molecular weight is 427 g/mol. The maximum Gasteiger partial charge on any atom is 0.240 e. The Kier molecular flexibility index (Phi) is 7.68. The molecule has 3 aromatic carbocycles. The van der Waals surface area contributed by atoms with Gasteiger partial charge in [0.2, 0.25) is 5.91 Å². The van der Waals surface area contributed by atoms with Crippen molar-refractivity contribution in [1.29, 1.82) is 0 Å². The van der Waals surface area contributed by atoms with Gasteiger partial charge in [-0.1, -0.05) is 65.7 Å². The van der Waals surface area contributed by atoms with Crippen molar-refractivity contribution in [2.24, 2.45) is 5.10 Å². The van der Waals surface area contributed by atoms with E-state index in [0.29, 0.717) is 40.8 Å². The van der Waals surface area contributed by atoms with Crippen LogP contribution in [0.25, 0.3) is 0 Å². The topological polar surface area (TPSA) is 50.7 Å². The minimum atomic E-state index is -0.159. The molecule has 0 aliphatic rings. The molecule has 6 heteroatoms. The third-order valence-corrected chi connectivity index (χ3v) is 4.60. The summed E-state index contributed by atoms with van der Waals surface area (Å²) in [5.41, 5.74) is 5.27. The fourth-order valence-electron chi connectivity index (χ4n) is 2.67. The number of amides is 1. The third kappa shape index (κ3) is 6.93. The summed E-state index contributed by atoms with van der Waals surface area (Å²) >= 11 is 12.1. The molecule has 3 rings (SSSR count). The van der Waals surface area contributed by atoms with E-state index in [4.69, 9.17) is 27.9 Å². The summed E-state index contributed by atoms with van der Waals surface area (Å²) < 4.78 is 5.87. The van der Waals surface area contributed by atoms with Gasteiger partial charge in [0.05, 0.1) is 6.21 Å². The molecule has 3 aromatic rings. The Hall–Kier alpha value is -2.82. The number of hydrogen-bond acceptors (Lipinski definition) is 3. The largest absolute Gasteiger partial charge is 0.488 e. The molecule has 0 aliphatic heterocycles. The zero-order chi connectivity index (χ0) is 20.5. The van der Waals surface area contributed by atoms with Gasteiger partial charge in [0.25, 0.3) is 0 Å². The average Bonchev–Trinajstić information content (AvgIpc) is 2.72. The summed E-state index contributed by atoms with van der Waals surface area (Å²) in [6.45, 7) is 0.354. The Morgan fingerprint density at radius 1 is 0.931 bits per heavy atom. The number of carbonyl (C=O) groups is 1. The quantitative estimate of drug-likeness (QED) is 0.373. The van der Waals surface area contributed by atoms with Crippen LogP contribution in [0.3, 0.4) is 0 Å². The zero-order valence-electron chi connectivity index (χ0n) is 15.6. The molecule has 0 saturated carbocycles. The van der Waals surface area contributed by atoms with Crippen molar-refractivity contribution in [3.8, 4) is 5.75 Å². The molecule has 0 aromatic heterocycles. The summed E-state index contributed by atoms with van der Waals surface area (Å²) in [4.78, 5) is 12.0. The number of ether oxygens (including phenoxy) is 1. The van der Waals surface area contributed by atoms with E-state index in [9.17, 15) is 4.79 Å². The van der Waals surface area contributed by atoms with Crippen LogP contribution in [0.15, 0.2) is 77.9 Å². The molecular formula is C23H20Cl2N2O2. The van der Waals surface area contributed by atoms with Gasteiger partial charge in [0, 0.05) is 22.0 Å². The van der Waals surface area contributed by atoms with E-state index < -0.39 is 0 Å². The van der Waals surface area contributed by atoms with Crippen molar-refractivity contribution in [3.05, 3.63) is 99.5 Å². The van der Waals surface area contributed by atoms with Crippen molar-refractivity contribution in [2.75, 3.05) is 0 Å². The predicted octanol–water partition coefficient (Wildman–Crippen LogP) is 5.66. The van der Waals surface area contributed by atoms with Gasteiger partial charge in [-0.05, 0) is 47.9 Å². The van der Waals surface area contributed by atoms with Gasteiger partial charge >= 0.3 is 0 Å². The SMILES string of the molecule is O=C(CCc1ccccc1)N/N=C\c1cc(Cl)ccc1OCc1cccc(Cl)c1. The maximum atomic E-state index is 12.0. The highest BCUT2D eigenvalue weighted by atomic mass is 35.5. The number of rotatable bonds is 8. The first kappa shape index (κ1) is 20.9. The summed E-state index contributed by atoms with van der Waals surface area (Å²) in [7, 11) is 0. The molecule has 0 spiro atoms. The summed E-state index contributed by atoms with van der Waals surface area (Å²) in [6.07, 6.45) is 2.54. The standard InChI is InChI=1S/C23H20Cl2N2O2/c24-20-8-4-7-18(13-20)16-29-22-11-10-21(25)14-19(22)15-26-27-23(28)12-9-17-5-2-1-3-6-17/h1-8,10-11,13-15H,9,12,16H2,(H,27,28)/b26-15-. The van der Waals surface area contributed by atoms with Crippen LogP contribution in [0.1, 0.15) is 23.1 Å². The first-order valence-electron chi connectivity index (χ1n) is 9.13. The number of benzene rings is 3. The van der Waals surface area contributed by atoms with Gasteiger partial charge in [-0.15, -0.1) is 0 Å². The van der Waals surface area contributed by atoms with Crippen LogP contribution in [0.5, 0.6) is 5.75 Å². The number of aryl methyl sites for hydroxylation is 1. The third-order valence-electron chi connectivity index (χ3n) is 4.13. The molecule has 0 heterocycles. The van der Waals surface area contributed by atoms with Gasteiger partial charge in [-0.3, -0.25) is 4.79 Å². The number of carbonyl (C=O) groups excluding carboxylic acids is 1. The molecular weight excluding hydrogens is 407 g/mol. The molecule has 4 nitrogen and oxygen atoms in total. The van der Waals surface area contributed by atoms with E-state index in [1.807, 2.05) is 54.6 Å². The Labute approximate surface area is 180 Å². The van der Waals surface area contributed by atoms with Gasteiger partial charge in [-0.25, -0.2) is 5.43 Å². The van der Waals surface area contributed by atoms with Gasteiger partial charge in [-0.2, -0.15) is 5.10 Å². The van der Waals surface area contributed by atoms with Crippen LogP contribution in [-0.2, 0) is 17.8 Å². The Morgan fingerprint density at radius 3 is 2.48 bits per heavy atom. The zero-order valence-corrected chi connectivity index (χ0v) is 17.2. The first-order valence-corrected chi connectivity index (χ1v) is 9.88. The fraction of sp³-hybridized carbons (Fsp3) is 0.130. The van der Waals surface area contributed by atoms with Gasteiger partial charge < -0.3 is 4.74 Å². The Balaban J connectivity index is 1.57. The van der Waals surface area contributed by atoms with Crippen molar-refractivity contribution in [3.63, 3.8) is 0 Å². The van der Waals surface area contributed by atoms with Crippen LogP contribution in [-0.4, -0.2) is 12.1 Å². The van der Waals surface area contributed by atoms with Gasteiger partial charge in [0.1, 0.15) is 12.4 Å². The smallest absolute Gasteiger partial charge is 0.240 e. The molecule has 29 heavy (non-hydrogen) atoms. The molecule has 1 N–H and O–H groups in total. The lowest BCUT2D eigenvalue weighted by Gasteiger charge is -2.10. The van der Waals surface area contributed by atoms with Crippen LogP contribution in [0.2, 0.25) is 10.0 Å². The van der Waals surface area contributed by atoms with Crippen molar-refractivity contribution >= 4 is 35.3 Å². The molecule has 0 radical (unpaired) electrons. The highest BCUT2D eigenvalue weighted by molar-refractivity contribution is 6.31.